The molecule has 18 heavy (non-hydrogen) atoms. The SMILES string of the molecule is CN1CCC(C)(CNC(=O)C(C)(N)C2CC2)CC1. The summed E-state index contributed by atoms with van der Waals surface area (Å²) in [6.45, 7) is 7.14. The summed E-state index contributed by atoms with van der Waals surface area (Å²) in [5.74, 6) is 0.424. The minimum Gasteiger partial charge on any atom is -0.354 e. The van der Waals surface area contributed by atoms with E-state index < -0.39 is 5.54 Å². The molecule has 1 heterocycles. The second kappa shape index (κ2) is 4.82. The Labute approximate surface area is 110 Å². The van der Waals surface area contributed by atoms with E-state index in [4.69, 9.17) is 5.73 Å². The number of nitrogens with two attached hydrogens (primary N) is 1. The van der Waals surface area contributed by atoms with Gasteiger partial charge in [-0.15, -0.1) is 0 Å². The van der Waals surface area contributed by atoms with Gasteiger partial charge in [0.2, 0.25) is 5.91 Å². The van der Waals surface area contributed by atoms with Gasteiger partial charge in [-0.05, 0) is 64.1 Å². The molecule has 0 radical (unpaired) electrons. The van der Waals surface area contributed by atoms with E-state index in [0.29, 0.717) is 5.92 Å². The van der Waals surface area contributed by atoms with E-state index in [1.54, 1.807) is 0 Å². The third-order valence-corrected chi connectivity index (χ3v) is 4.78. The Morgan fingerprint density at radius 3 is 2.50 bits per heavy atom. The highest BCUT2D eigenvalue weighted by Gasteiger charge is 2.44. The van der Waals surface area contributed by atoms with E-state index in [2.05, 4.69) is 24.2 Å². The monoisotopic (exact) mass is 253 g/mol. The number of rotatable bonds is 4. The number of hydrogen-bond donors (Lipinski definition) is 2. The summed E-state index contributed by atoms with van der Waals surface area (Å²) in [5, 5.41) is 3.09. The molecule has 104 valence electrons. The van der Waals surface area contributed by atoms with Gasteiger partial charge in [-0.1, -0.05) is 6.92 Å². The van der Waals surface area contributed by atoms with E-state index in [-0.39, 0.29) is 11.3 Å². The molecule has 2 rings (SSSR count). The van der Waals surface area contributed by atoms with Crippen molar-refractivity contribution in [1.29, 1.82) is 0 Å². The molecule has 4 heteroatoms. The molecule has 4 nitrogen and oxygen atoms in total. The van der Waals surface area contributed by atoms with Crippen molar-refractivity contribution in [1.82, 2.24) is 10.2 Å². The highest BCUT2D eigenvalue weighted by Crippen LogP contribution is 2.38. The molecular formula is C14H27N3O. The lowest BCUT2D eigenvalue weighted by Gasteiger charge is -2.38. The zero-order valence-electron chi connectivity index (χ0n) is 12.0. The Kier molecular flexibility index (Phi) is 3.70. The number of amides is 1. The lowest BCUT2D eigenvalue weighted by molar-refractivity contribution is -0.127. The third-order valence-electron chi connectivity index (χ3n) is 4.78. The maximum Gasteiger partial charge on any atom is 0.240 e. The molecule has 1 amide bonds. The van der Waals surface area contributed by atoms with Crippen molar-refractivity contribution < 1.29 is 4.79 Å². The molecule has 1 unspecified atom stereocenters. The molecule has 0 spiro atoms. The average molecular weight is 253 g/mol. The van der Waals surface area contributed by atoms with Crippen molar-refractivity contribution in [3.8, 4) is 0 Å². The minimum atomic E-state index is -0.665. The van der Waals surface area contributed by atoms with Gasteiger partial charge in [-0.25, -0.2) is 0 Å². The lowest BCUT2D eigenvalue weighted by atomic mass is 9.80. The van der Waals surface area contributed by atoms with E-state index in [0.717, 1.165) is 45.3 Å². The van der Waals surface area contributed by atoms with Gasteiger partial charge in [-0.2, -0.15) is 0 Å². The zero-order chi connectivity index (χ0) is 13.4. The molecule has 0 bridgehead atoms. The molecule has 2 aliphatic rings. The number of hydrogen-bond acceptors (Lipinski definition) is 3. The molecular weight excluding hydrogens is 226 g/mol. The van der Waals surface area contributed by atoms with Crippen LogP contribution in [0.1, 0.15) is 39.5 Å². The summed E-state index contributed by atoms with van der Waals surface area (Å²) in [7, 11) is 2.15. The van der Waals surface area contributed by atoms with Crippen LogP contribution in [0.4, 0.5) is 0 Å². The lowest BCUT2D eigenvalue weighted by Crippen LogP contribution is -2.55. The Morgan fingerprint density at radius 2 is 2.00 bits per heavy atom. The van der Waals surface area contributed by atoms with Crippen molar-refractivity contribution >= 4 is 5.91 Å². The number of carbonyl (C=O) groups excluding carboxylic acids is 1. The fourth-order valence-electron chi connectivity index (χ4n) is 2.69. The van der Waals surface area contributed by atoms with Gasteiger partial charge in [0.25, 0.3) is 0 Å². The van der Waals surface area contributed by atoms with Gasteiger partial charge < -0.3 is 16.0 Å². The largest absolute Gasteiger partial charge is 0.354 e. The van der Waals surface area contributed by atoms with Crippen LogP contribution >= 0.6 is 0 Å². The van der Waals surface area contributed by atoms with E-state index >= 15 is 0 Å². The molecule has 1 aliphatic carbocycles. The topological polar surface area (TPSA) is 58.4 Å². The Morgan fingerprint density at radius 1 is 1.44 bits per heavy atom. The second-order valence-corrected chi connectivity index (χ2v) is 6.85. The predicted octanol–water partition coefficient (Wildman–Crippen LogP) is 0.962. The first-order valence-corrected chi connectivity index (χ1v) is 7.09. The molecule has 1 atom stereocenters. The predicted molar refractivity (Wildman–Crippen MR) is 73.2 cm³/mol. The first kappa shape index (κ1) is 13.8. The highest BCUT2D eigenvalue weighted by molar-refractivity contribution is 5.86. The van der Waals surface area contributed by atoms with E-state index in [1.165, 1.54) is 0 Å². The standard InChI is InChI=1S/C14H27N3O/c1-13(6-8-17(3)9-7-13)10-16-12(18)14(2,15)11-4-5-11/h11H,4-10,15H2,1-3H3,(H,16,18). The Hall–Kier alpha value is -0.610. The first-order chi connectivity index (χ1) is 8.33. The second-order valence-electron chi connectivity index (χ2n) is 6.85. The summed E-state index contributed by atoms with van der Waals surface area (Å²) < 4.78 is 0. The molecule has 3 N–H and O–H groups in total. The molecule has 2 fully saturated rings. The van der Waals surface area contributed by atoms with E-state index in [9.17, 15) is 4.79 Å². The smallest absolute Gasteiger partial charge is 0.240 e. The number of nitrogens with one attached hydrogen (secondary N) is 1. The van der Waals surface area contributed by atoms with Crippen LogP contribution in [-0.4, -0.2) is 43.0 Å². The van der Waals surface area contributed by atoms with Crippen molar-refractivity contribution in [2.24, 2.45) is 17.1 Å². The number of carbonyl (C=O) groups is 1. The molecule has 1 saturated carbocycles. The van der Waals surface area contributed by atoms with Crippen LogP contribution in [0.3, 0.4) is 0 Å². The van der Waals surface area contributed by atoms with Crippen LogP contribution in [0.5, 0.6) is 0 Å². The molecule has 1 saturated heterocycles. The normalized spacial score (nSPS) is 27.6. The van der Waals surface area contributed by atoms with Crippen LogP contribution in [0.2, 0.25) is 0 Å². The van der Waals surface area contributed by atoms with Gasteiger partial charge >= 0.3 is 0 Å². The van der Waals surface area contributed by atoms with Crippen LogP contribution in [-0.2, 0) is 4.79 Å². The fraction of sp³-hybridized carbons (Fsp3) is 0.929. The Balaban J connectivity index is 1.82. The van der Waals surface area contributed by atoms with Gasteiger partial charge in [0.15, 0.2) is 0 Å². The maximum absolute atomic E-state index is 12.1. The number of likely N-dealkylation sites (tertiary alicyclic amines) is 1. The van der Waals surface area contributed by atoms with Gasteiger partial charge in [0, 0.05) is 6.54 Å². The highest BCUT2D eigenvalue weighted by atomic mass is 16.2. The van der Waals surface area contributed by atoms with Crippen molar-refractivity contribution in [2.75, 3.05) is 26.7 Å². The van der Waals surface area contributed by atoms with Crippen molar-refractivity contribution in [2.45, 2.75) is 45.1 Å². The summed E-state index contributed by atoms with van der Waals surface area (Å²) in [6.07, 6.45) is 4.49. The first-order valence-electron chi connectivity index (χ1n) is 7.09. The van der Waals surface area contributed by atoms with Gasteiger partial charge in [-0.3, -0.25) is 4.79 Å². The maximum atomic E-state index is 12.1. The average Bonchev–Trinajstić information content (AvgIpc) is 3.14. The van der Waals surface area contributed by atoms with Crippen molar-refractivity contribution in [3.05, 3.63) is 0 Å². The zero-order valence-corrected chi connectivity index (χ0v) is 12.0. The van der Waals surface area contributed by atoms with Crippen LogP contribution in [0.15, 0.2) is 0 Å². The van der Waals surface area contributed by atoms with Gasteiger partial charge in [0.1, 0.15) is 0 Å². The van der Waals surface area contributed by atoms with Crippen molar-refractivity contribution in [3.63, 3.8) is 0 Å². The molecule has 0 aromatic rings. The number of piperidine rings is 1. The summed E-state index contributed by atoms with van der Waals surface area (Å²) >= 11 is 0. The summed E-state index contributed by atoms with van der Waals surface area (Å²) in [5.41, 5.74) is 5.70. The summed E-state index contributed by atoms with van der Waals surface area (Å²) in [4.78, 5) is 14.5. The third kappa shape index (κ3) is 3.04. The van der Waals surface area contributed by atoms with Gasteiger partial charge in [0.05, 0.1) is 5.54 Å². The van der Waals surface area contributed by atoms with Crippen LogP contribution in [0, 0.1) is 11.3 Å². The number of nitrogens with zero attached hydrogens (tertiary/aromatic N) is 1. The minimum absolute atomic E-state index is 0.0325. The fourth-order valence-corrected chi connectivity index (χ4v) is 2.69. The van der Waals surface area contributed by atoms with Crippen LogP contribution < -0.4 is 11.1 Å². The van der Waals surface area contributed by atoms with Crippen LogP contribution in [0.25, 0.3) is 0 Å². The molecule has 0 aromatic carbocycles. The summed E-state index contributed by atoms with van der Waals surface area (Å²) in [6, 6.07) is 0. The Bertz CT molecular complexity index is 315. The quantitative estimate of drug-likeness (QED) is 0.784. The molecule has 0 aromatic heterocycles. The molecule has 1 aliphatic heterocycles. The van der Waals surface area contributed by atoms with E-state index in [1.807, 2.05) is 6.92 Å².